The number of carboxylic acid groups (broad SMARTS) is 1. The number of nitrogens with zero attached hydrogens (tertiary/aromatic N) is 2. The molecule has 2 aromatic rings. The average Bonchev–Trinajstić information content (AvgIpc) is 3.01. The number of hydrogen-bond acceptors (Lipinski definition) is 5. The molecule has 0 atom stereocenters. The fourth-order valence-corrected chi connectivity index (χ4v) is 4.79. The zero-order chi connectivity index (χ0) is 25.4. The summed E-state index contributed by atoms with van der Waals surface area (Å²) in [5.74, 6) is -0.881. The number of benzene rings is 2. The molecule has 1 aliphatic rings. The lowest BCUT2D eigenvalue weighted by Crippen LogP contribution is -2.28. The van der Waals surface area contributed by atoms with Gasteiger partial charge in [0.15, 0.2) is 5.17 Å². The first-order valence-electron chi connectivity index (χ1n) is 11.2. The van der Waals surface area contributed by atoms with Gasteiger partial charge in [0, 0.05) is 17.7 Å². The molecule has 2 aromatic carbocycles. The normalized spacial score (nSPS) is 17.1. The molecule has 0 spiro atoms. The Hall–Kier alpha value is -3.06. The molecular weight excluding hydrogens is 448 g/mol. The van der Waals surface area contributed by atoms with Crippen molar-refractivity contribution >= 4 is 40.6 Å². The van der Waals surface area contributed by atoms with Gasteiger partial charge in [-0.3, -0.25) is 9.69 Å². The number of aliphatic imine (C=N–C) groups is 1. The molecule has 1 heterocycles. The summed E-state index contributed by atoms with van der Waals surface area (Å²) in [6, 6.07) is 10.2. The summed E-state index contributed by atoms with van der Waals surface area (Å²) in [5, 5.41) is 20.7. The van der Waals surface area contributed by atoms with Gasteiger partial charge in [-0.15, -0.1) is 0 Å². The third-order valence-corrected chi connectivity index (χ3v) is 6.57. The first-order chi connectivity index (χ1) is 15.7. The number of aromatic carboxylic acids is 1. The van der Waals surface area contributed by atoms with Crippen LogP contribution >= 0.6 is 11.8 Å². The van der Waals surface area contributed by atoms with Crippen molar-refractivity contribution in [1.82, 2.24) is 4.90 Å². The summed E-state index contributed by atoms with van der Waals surface area (Å²) < 4.78 is 0. The van der Waals surface area contributed by atoms with Gasteiger partial charge in [0.1, 0.15) is 5.75 Å². The van der Waals surface area contributed by atoms with E-state index in [1.807, 2.05) is 25.1 Å². The van der Waals surface area contributed by atoms with Gasteiger partial charge in [0.2, 0.25) is 0 Å². The van der Waals surface area contributed by atoms with Crippen LogP contribution in [0.2, 0.25) is 0 Å². The Labute approximate surface area is 205 Å². The van der Waals surface area contributed by atoms with Crippen LogP contribution in [0.1, 0.15) is 75.5 Å². The van der Waals surface area contributed by atoms with Gasteiger partial charge in [0.05, 0.1) is 16.2 Å². The number of hydrogen-bond donors (Lipinski definition) is 2. The van der Waals surface area contributed by atoms with Crippen molar-refractivity contribution in [2.75, 3.05) is 6.54 Å². The predicted octanol–water partition coefficient (Wildman–Crippen LogP) is 6.31. The van der Waals surface area contributed by atoms with Gasteiger partial charge in [-0.1, -0.05) is 47.6 Å². The highest BCUT2D eigenvalue weighted by molar-refractivity contribution is 8.18. The predicted molar refractivity (Wildman–Crippen MR) is 139 cm³/mol. The summed E-state index contributed by atoms with van der Waals surface area (Å²) in [6.07, 6.45) is 1.84. The Morgan fingerprint density at radius 1 is 1.06 bits per heavy atom. The molecule has 7 heteroatoms. The van der Waals surface area contributed by atoms with Crippen LogP contribution in [0.15, 0.2) is 46.3 Å². The molecule has 1 fully saturated rings. The number of carboxylic acids is 1. The largest absolute Gasteiger partial charge is 0.507 e. The maximum Gasteiger partial charge on any atom is 0.335 e. The monoisotopic (exact) mass is 480 g/mol. The molecule has 0 aliphatic carbocycles. The molecule has 0 radical (unpaired) electrons. The van der Waals surface area contributed by atoms with Gasteiger partial charge >= 0.3 is 5.97 Å². The van der Waals surface area contributed by atoms with E-state index in [0.717, 1.165) is 16.7 Å². The molecule has 6 nitrogen and oxygen atoms in total. The van der Waals surface area contributed by atoms with Gasteiger partial charge in [-0.05, 0) is 71.5 Å². The minimum absolute atomic E-state index is 0.142. The van der Waals surface area contributed by atoms with E-state index in [4.69, 9.17) is 0 Å². The number of carbonyl (C=O) groups is 2. The highest BCUT2D eigenvalue weighted by Crippen LogP contribution is 2.41. The quantitative estimate of drug-likeness (QED) is 0.501. The second kappa shape index (κ2) is 9.29. The van der Waals surface area contributed by atoms with E-state index < -0.39 is 5.97 Å². The van der Waals surface area contributed by atoms with E-state index in [2.05, 4.69) is 46.5 Å². The van der Waals surface area contributed by atoms with Crippen LogP contribution in [0.3, 0.4) is 0 Å². The van der Waals surface area contributed by atoms with Crippen LogP contribution in [0, 0.1) is 0 Å². The minimum atomic E-state index is -1.03. The van der Waals surface area contributed by atoms with Crippen LogP contribution in [0.5, 0.6) is 5.75 Å². The highest BCUT2D eigenvalue weighted by Gasteiger charge is 2.33. The van der Waals surface area contributed by atoms with Crippen LogP contribution in [-0.4, -0.2) is 38.7 Å². The molecule has 0 saturated carbocycles. The topological polar surface area (TPSA) is 90.2 Å². The zero-order valence-electron chi connectivity index (χ0n) is 20.8. The average molecular weight is 481 g/mol. The number of amidine groups is 1. The summed E-state index contributed by atoms with van der Waals surface area (Å²) in [7, 11) is 0. The molecule has 1 aliphatic heterocycles. The number of rotatable bonds is 4. The van der Waals surface area contributed by atoms with Crippen LogP contribution < -0.4 is 0 Å². The van der Waals surface area contributed by atoms with Crippen molar-refractivity contribution in [3.8, 4) is 5.75 Å². The van der Waals surface area contributed by atoms with Crippen molar-refractivity contribution in [3.63, 3.8) is 0 Å². The van der Waals surface area contributed by atoms with E-state index in [0.29, 0.717) is 28.1 Å². The fraction of sp³-hybridized carbons (Fsp3) is 0.370. The second-order valence-electron chi connectivity index (χ2n) is 10.4. The molecule has 2 N–H and O–H groups in total. The highest BCUT2D eigenvalue weighted by atomic mass is 32.2. The van der Waals surface area contributed by atoms with Crippen LogP contribution in [-0.2, 0) is 15.6 Å². The molecule has 3 rings (SSSR count). The van der Waals surface area contributed by atoms with Crippen molar-refractivity contribution in [1.29, 1.82) is 0 Å². The Morgan fingerprint density at radius 2 is 1.65 bits per heavy atom. The zero-order valence-corrected chi connectivity index (χ0v) is 21.6. The maximum absolute atomic E-state index is 13.2. The molecule has 0 unspecified atom stereocenters. The van der Waals surface area contributed by atoms with Gasteiger partial charge in [-0.25, -0.2) is 9.79 Å². The minimum Gasteiger partial charge on any atom is -0.507 e. The van der Waals surface area contributed by atoms with E-state index in [9.17, 15) is 19.8 Å². The van der Waals surface area contributed by atoms with E-state index in [-0.39, 0.29) is 22.3 Å². The van der Waals surface area contributed by atoms with E-state index in [1.54, 1.807) is 17.0 Å². The number of amides is 1. The number of phenolic OH excluding ortho intramolecular Hbond substituents is 1. The smallest absolute Gasteiger partial charge is 0.335 e. The Bertz CT molecular complexity index is 1160. The van der Waals surface area contributed by atoms with Gasteiger partial charge in [0.25, 0.3) is 5.91 Å². The standard InChI is InChI=1S/C27H32N2O4S/c1-8-29-23(31)21(34-25(29)28-18-11-9-10-17(15-18)24(32)33)14-16-12-19(26(2,3)4)22(30)20(13-16)27(5,6)7/h9-15,30H,8H2,1-7H3,(H,32,33). The van der Waals surface area contributed by atoms with Crippen molar-refractivity contribution < 1.29 is 19.8 Å². The van der Waals surface area contributed by atoms with Gasteiger partial charge < -0.3 is 10.2 Å². The summed E-state index contributed by atoms with van der Waals surface area (Å²) >= 11 is 1.26. The second-order valence-corrected chi connectivity index (χ2v) is 11.4. The van der Waals surface area contributed by atoms with Gasteiger partial charge in [-0.2, -0.15) is 0 Å². The summed E-state index contributed by atoms with van der Waals surface area (Å²) in [6.45, 7) is 14.6. The Balaban J connectivity index is 2.08. The first-order valence-corrected chi connectivity index (χ1v) is 12.1. The molecule has 34 heavy (non-hydrogen) atoms. The van der Waals surface area contributed by atoms with Crippen molar-refractivity contribution in [2.45, 2.75) is 59.3 Å². The number of aromatic hydroxyl groups is 1. The molecule has 0 bridgehead atoms. The number of thioether (sulfide) groups is 1. The van der Waals surface area contributed by atoms with E-state index >= 15 is 0 Å². The third-order valence-electron chi connectivity index (χ3n) is 5.57. The lowest BCUT2D eigenvalue weighted by Gasteiger charge is -2.28. The number of likely N-dealkylation sites (N-methyl/N-ethyl adjacent to an activating group) is 1. The molecule has 1 amide bonds. The molecule has 1 saturated heterocycles. The maximum atomic E-state index is 13.2. The molecule has 180 valence electrons. The van der Waals surface area contributed by atoms with Crippen LogP contribution in [0.4, 0.5) is 5.69 Å². The Kier molecular flexibility index (Phi) is 6.99. The van der Waals surface area contributed by atoms with Crippen LogP contribution in [0.25, 0.3) is 6.08 Å². The van der Waals surface area contributed by atoms with E-state index in [1.165, 1.54) is 23.9 Å². The van der Waals surface area contributed by atoms with Crippen molar-refractivity contribution in [3.05, 3.63) is 63.6 Å². The number of carbonyl (C=O) groups excluding carboxylic acids is 1. The lowest BCUT2D eigenvalue weighted by atomic mass is 9.78. The lowest BCUT2D eigenvalue weighted by molar-refractivity contribution is -0.122. The summed E-state index contributed by atoms with van der Waals surface area (Å²) in [4.78, 5) is 31.1. The third kappa shape index (κ3) is 5.36. The Morgan fingerprint density at radius 3 is 2.15 bits per heavy atom. The number of phenols is 1. The molecular formula is C27H32N2O4S. The summed E-state index contributed by atoms with van der Waals surface area (Å²) in [5.41, 5.74) is 2.57. The SMILES string of the molecule is CCN1C(=O)C(=Cc2cc(C(C)(C)C)c(O)c(C(C)(C)C)c2)SC1=Nc1cccc(C(=O)O)c1. The molecule has 0 aromatic heterocycles. The first kappa shape index (κ1) is 25.6. The fourth-order valence-electron chi connectivity index (χ4n) is 3.72. The van der Waals surface area contributed by atoms with Crippen molar-refractivity contribution in [2.24, 2.45) is 4.99 Å².